The minimum Gasteiger partial charge on any atom is -0.396 e. The van der Waals surface area contributed by atoms with Gasteiger partial charge in [-0.3, -0.25) is 9.59 Å². The molecule has 5 nitrogen and oxygen atoms in total. The molecule has 1 rings (SSSR count). The predicted octanol–water partition coefficient (Wildman–Crippen LogP) is 1.90. The fourth-order valence-electron chi connectivity index (χ4n) is 2.11. The SMILES string of the molecule is CC(=O)N(C)c1ccccc1C(=O)N(CCCO)C(C)C. The number of rotatable bonds is 6. The van der Waals surface area contributed by atoms with E-state index in [-0.39, 0.29) is 24.5 Å². The lowest BCUT2D eigenvalue weighted by Gasteiger charge is -2.28. The summed E-state index contributed by atoms with van der Waals surface area (Å²) in [6.07, 6.45) is 0.536. The van der Waals surface area contributed by atoms with E-state index in [0.29, 0.717) is 24.2 Å². The Morgan fingerprint density at radius 1 is 1.24 bits per heavy atom. The third-order valence-electron chi connectivity index (χ3n) is 3.41. The minimum absolute atomic E-state index is 0.0275. The highest BCUT2D eigenvalue weighted by Crippen LogP contribution is 2.22. The van der Waals surface area contributed by atoms with Crippen LogP contribution >= 0.6 is 0 Å². The molecule has 0 heterocycles. The maximum absolute atomic E-state index is 12.7. The van der Waals surface area contributed by atoms with Crippen molar-refractivity contribution in [3.63, 3.8) is 0 Å². The molecule has 0 saturated heterocycles. The van der Waals surface area contributed by atoms with Gasteiger partial charge in [0.25, 0.3) is 5.91 Å². The Labute approximate surface area is 126 Å². The summed E-state index contributed by atoms with van der Waals surface area (Å²) in [6.45, 7) is 5.88. The lowest BCUT2D eigenvalue weighted by atomic mass is 10.1. The van der Waals surface area contributed by atoms with Crippen LogP contribution in [0.3, 0.4) is 0 Å². The lowest BCUT2D eigenvalue weighted by molar-refractivity contribution is -0.116. The van der Waals surface area contributed by atoms with E-state index in [0.717, 1.165) is 0 Å². The normalized spacial score (nSPS) is 10.6. The van der Waals surface area contributed by atoms with Crippen LogP contribution < -0.4 is 4.90 Å². The summed E-state index contributed by atoms with van der Waals surface area (Å²) in [4.78, 5) is 27.5. The number of aliphatic hydroxyl groups excluding tert-OH is 1. The average molecular weight is 292 g/mol. The van der Waals surface area contributed by atoms with Crippen LogP contribution in [0.1, 0.15) is 37.6 Å². The van der Waals surface area contributed by atoms with E-state index in [2.05, 4.69) is 0 Å². The Hall–Kier alpha value is -1.88. The largest absolute Gasteiger partial charge is 0.396 e. The second-order valence-corrected chi connectivity index (χ2v) is 5.26. The molecule has 0 aliphatic heterocycles. The summed E-state index contributed by atoms with van der Waals surface area (Å²) in [7, 11) is 1.65. The van der Waals surface area contributed by atoms with Gasteiger partial charge < -0.3 is 14.9 Å². The molecule has 0 bridgehead atoms. The zero-order chi connectivity index (χ0) is 16.0. The van der Waals surface area contributed by atoms with Gasteiger partial charge in [0.1, 0.15) is 0 Å². The van der Waals surface area contributed by atoms with Crippen molar-refractivity contribution in [3.05, 3.63) is 29.8 Å². The van der Waals surface area contributed by atoms with E-state index in [4.69, 9.17) is 5.11 Å². The fraction of sp³-hybridized carbons (Fsp3) is 0.500. The molecule has 0 atom stereocenters. The van der Waals surface area contributed by atoms with Gasteiger partial charge in [-0.05, 0) is 32.4 Å². The molecule has 0 radical (unpaired) electrons. The van der Waals surface area contributed by atoms with Crippen molar-refractivity contribution in [3.8, 4) is 0 Å². The summed E-state index contributed by atoms with van der Waals surface area (Å²) < 4.78 is 0. The zero-order valence-electron chi connectivity index (χ0n) is 13.2. The first-order valence-electron chi connectivity index (χ1n) is 7.15. The van der Waals surface area contributed by atoms with Crippen LogP contribution in [0.2, 0.25) is 0 Å². The summed E-state index contributed by atoms with van der Waals surface area (Å²) in [5.41, 5.74) is 1.10. The molecule has 1 aromatic rings. The number of benzene rings is 1. The van der Waals surface area contributed by atoms with Crippen molar-refractivity contribution in [2.24, 2.45) is 0 Å². The number of carbonyl (C=O) groups is 2. The fourth-order valence-corrected chi connectivity index (χ4v) is 2.11. The molecule has 1 aromatic carbocycles. The van der Waals surface area contributed by atoms with Crippen LogP contribution in [0.5, 0.6) is 0 Å². The van der Waals surface area contributed by atoms with E-state index >= 15 is 0 Å². The summed E-state index contributed by atoms with van der Waals surface area (Å²) in [5.74, 6) is -0.246. The lowest BCUT2D eigenvalue weighted by Crippen LogP contribution is -2.39. The van der Waals surface area contributed by atoms with E-state index in [9.17, 15) is 9.59 Å². The van der Waals surface area contributed by atoms with Crippen molar-refractivity contribution in [1.82, 2.24) is 4.90 Å². The second-order valence-electron chi connectivity index (χ2n) is 5.26. The van der Waals surface area contributed by atoms with Crippen molar-refractivity contribution >= 4 is 17.5 Å². The molecule has 0 aromatic heterocycles. The molecule has 1 N–H and O–H groups in total. The first kappa shape index (κ1) is 17.2. The quantitative estimate of drug-likeness (QED) is 0.871. The van der Waals surface area contributed by atoms with E-state index in [1.807, 2.05) is 13.8 Å². The average Bonchev–Trinajstić information content (AvgIpc) is 2.46. The number of para-hydroxylation sites is 1. The molecule has 21 heavy (non-hydrogen) atoms. The highest BCUT2D eigenvalue weighted by Gasteiger charge is 2.22. The van der Waals surface area contributed by atoms with Crippen LogP contribution in [0, 0.1) is 0 Å². The molecule has 0 fully saturated rings. The topological polar surface area (TPSA) is 60.9 Å². The number of anilines is 1. The van der Waals surface area contributed by atoms with E-state index in [1.165, 1.54) is 11.8 Å². The molecule has 5 heteroatoms. The van der Waals surface area contributed by atoms with Crippen LogP contribution in [0.4, 0.5) is 5.69 Å². The maximum Gasteiger partial charge on any atom is 0.256 e. The molecule has 0 aliphatic rings. The van der Waals surface area contributed by atoms with Gasteiger partial charge in [-0.2, -0.15) is 0 Å². The highest BCUT2D eigenvalue weighted by atomic mass is 16.3. The van der Waals surface area contributed by atoms with Gasteiger partial charge in [0.15, 0.2) is 0 Å². The van der Waals surface area contributed by atoms with Crippen molar-refractivity contribution < 1.29 is 14.7 Å². The number of carbonyl (C=O) groups excluding carboxylic acids is 2. The van der Waals surface area contributed by atoms with E-state index in [1.54, 1.807) is 36.2 Å². The standard InChI is InChI=1S/C16H24N2O3/c1-12(2)18(10-7-11-19)16(21)14-8-5-6-9-15(14)17(4)13(3)20/h5-6,8-9,12,19H,7,10-11H2,1-4H3. The third-order valence-corrected chi connectivity index (χ3v) is 3.41. The molecule has 0 aliphatic carbocycles. The third kappa shape index (κ3) is 4.29. The summed E-state index contributed by atoms with van der Waals surface area (Å²) >= 11 is 0. The molecule has 116 valence electrons. The first-order valence-corrected chi connectivity index (χ1v) is 7.15. The predicted molar refractivity (Wildman–Crippen MR) is 83.4 cm³/mol. The monoisotopic (exact) mass is 292 g/mol. The minimum atomic E-state index is -0.123. The number of hydrogen-bond donors (Lipinski definition) is 1. The number of amides is 2. The van der Waals surface area contributed by atoms with Crippen LogP contribution in [-0.4, -0.2) is 48.1 Å². The zero-order valence-corrected chi connectivity index (χ0v) is 13.2. The Bertz CT molecular complexity index is 500. The van der Waals surface area contributed by atoms with Gasteiger partial charge in [-0.1, -0.05) is 12.1 Å². The molecule has 0 saturated carbocycles. The summed E-state index contributed by atoms with van der Waals surface area (Å²) in [6, 6.07) is 7.11. The highest BCUT2D eigenvalue weighted by molar-refractivity contribution is 6.04. The summed E-state index contributed by atoms with van der Waals surface area (Å²) in [5, 5.41) is 8.97. The Morgan fingerprint density at radius 2 is 1.86 bits per heavy atom. The number of nitrogens with zero attached hydrogens (tertiary/aromatic N) is 2. The van der Waals surface area contributed by atoms with E-state index < -0.39 is 0 Å². The smallest absolute Gasteiger partial charge is 0.256 e. The maximum atomic E-state index is 12.7. The van der Waals surface area contributed by atoms with Gasteiger partial charge in [0.2, 0.25) is 5.91 Å². The number of hydrogen-bond acceptors (Lipinski definition) is 3. The Kier molecular flexibility index (Phi) is 6.37. The molecular formula is C16H24N2O3. The van der Waals surface area contributed by atoms with Crippen molar-refractivity contribution in [1.29, 1.82) is 0 Å². The second kappa shape index (κ2) is 7.78. The number of aliphatic hydroxyl groups is 1. The molecule has 2 amide bonds. The van der Waals surface area contributed by atoms with Crippen LogP contribution in [-0.2, 0) is 4.79 Å². The van der Waals surface area contributed by atoms with Gasteiger partial charge in [0, 0.05) is 33.2 Å². The molecule has 0 spiro atoms. The van der Waals surface area contributed by atoms with Crippen molar-refractivity contribution in [2.75, 3.05) is 25.1 Å². The van der Waals surface area contributed by atoms with Gasteiger partial charge in [-0.25, -0.2) is 0 Å². The van der Waals surface area contributed by atoms with Crippen molar-refractivity contribution in [2.45, 2.75) is 33.2 Å². The van der Waals surface area contributed by atoms with Crippen LogP contribution in [0.15, 0.2) is 24.3 Å². The molecular weight excluding hydrogens is 268 g/mol. The Morgan fingerprint density at radius 3 is 2.38 bits per heavy atom. The van der Waals surface area contributed by atoms with Crippen LogP contribution in [0.25, 0.3) is 0 Å². The van der Waals surface area contributed by atoms with Gasteiger partial charge >= 0.3 is 0 Å². The van der Waals surface area contributed by atoms with Gasteiger partial charge in [-0.15, -0.1) is 0 Å². The van der Waals surface area contributed by atoms with Gasteiger partial charge in [0.05, 0.1) is 11.3 Å². The molecule has 0 unspecified atom stereocenters. The first-order chi connectivity index (χ1) is 9.90. The Balaban J connectivity index is 3.13.